The second kappa shape index (κ2) is 6.37. The van der Waals surface area contributed by atoms with Crippen LogP contribution in [-0.2, 0) is 4.79 Å². The number of hydrogen-bond donors (Lipinski definition) is 0. The highest BCUT2D eigenvalue weighted by molar-refractivity contribution is 5.96. The van der Waals surface area contributed by atoms with E-state index in [1.54, 1.807) is 23.1 Å². The summed E-state index contributed by atoms with van der Waals surface area (Å²) in [7, 11) is 0. The standard InChI is InChI=1S/C20H18FN3O2/c1-12-7-8-15(9-13(12)2)24-11-14(10-18(24)25)19-22-20(26-23-19)16-5-3-4-6-17(16)21/h3-9,14H,10-11H2,1-2H3. The van der Waals surface area contributed by atoms with E-state index in [2.05, 4.69) is 10.1 Å². The first kappa shape index (κ1) is 16.4. The fourth-order valence-electron chi connectivity index (χ4n) is 3.17. The van der Waals surface area contributed by atoms with Gasteiger partial charge in [-0.2, -0.15) is 4.98 Å². The summed E-state index contributed by atoms with van der Waals surface area (Å²) in [5.41, 5.74) is 3.46. The van der Waals surface area contributed by atoms with Crippen molar-refractivity contribution in [2.45, 2.75) is 26.2 Å². The van der Waals surface area contributed by atoms with Crippen LogP contribution < -0.4 is 4.90 Å². The van der Waals surface area contributed by atoms with Crippen LogP contribution >= 0.6 is 0 Å². The number of anilines is 1. The van der Waals surface area contributed by atoms with Crippen molar-refractivity contribution >= 4 is 11.6 Å². The molecule has 1 aliphatic heterocycles. The highest BCUT2D eigenvalue weighted by Gasteiger charge is 2.34. The molecule has 1 fully saturated rings. The molecule has 0 bridgehead atoms. The Bertz CT molecular complexity index is 983. The Labute approximate surface area is 150 Å². The molecule has 1 aromatic heterocycles. The molecule has 6 heteroatoms. The Morgan fingerprint density at radius 1 is 1.15 bits per heavy atom. The van der Waals surface area contributed by atoms with E-state index in [1.807, 2.05) is 32.0 Å². The van der Waals surface area contributed by atoms with Crippen LogP contribution in [0.4, 0.5) is 10.1 Å². The molecule has 3 aromatic rings. The molecule has 1 unspecified atom stereocenters. The molecule has 0 aliphatic carbocycles. The Hall–Kier alpha value is -3.02. The number of rotatable bonds is 3. The van der Waals surface area contributed by atoms with Crippen molar-refractivity contribution in [1.29, 1.82) is 0 Å². The average molecular weight is 351 g/mol. The number of amides is 1. The number of aryl methyl sites for hydroxylation is 2. The van der Waals surface area contributed by atoms with Crippen LogP contribution in [0.15, 0.2) is 47.0 Å². The van der Waals surface area contributed by atoms with Gasteiger partial charge in [-0.15, -0.1) is 0 Å². The predicted octanol–water partition coefficient (Wildman–Crippen LogP) is 4.01. The predicted molar refractivity (Wildman–Crippen MR) is 95.3 cm³/mol. The monoisotopic (exact) mass is 351 g/mol. The van der Waals surface area contributed by atoms with Crippen molar-refractivity contribution in [2.24, 2.45) is 0 Å². The lowest BCUT2D eigenvalue weighted by Gasteiger charge is -2.17. The van der Waals surface area contributed by atoms with Crippen molar-refractivity contribution in [3.05, 3.63) is 65.2 Å². The number of nitrogens with zero attached hydrogens (tertiary/aromatic N) is 3. The van der Waals surface area contributed by atoms with Crippen molar-refractivity contribution in [3.8, 4) is 11.5 Å². The molecule has 5 nitrogen and oxygen atoms in total. The van der Waals surface area contributed by atoms with E-state index in [-0.39, 0.29) is 23.3 Å². The van der Waals surface area contributed by atoms with E-state index in [1.165, 1.54) is 11.6 Å². The minimum atomic E-state index is -0.415. The van der Waals surface area contributed by atoms with Crippen LogP contribution in [0.5, 0.6) is 0 Å². The van der Waals surface area contributed by atoms with Crippen LogP contribution in [0.25, 0.3) is 11.5 Å². The van der Waals surface area contributed by atoms with Gasteiger partial charge in [-0.25, -0.2) is 4.39 Å². The van der Waals surface area contributed by atoms with Crippen molar-refractivity contribution < 1.29 is 13.7 Å². The number of benzene rings is 2. The molecule has 0 saturated carbocycles. The third-order valence-electron chi connectivity index (χ3n) is 4.84. The molecule has 1 atom stereocenters. The number of aromatic nitrogens is 2. The summed E-state index contributed by atoms with van der Waals surface area (Å²) >= 11 is 0. The van der Waals surface area contributed by atoms with Gasteiger partial charge in [0.05, 0.1) is 5.56 Å². The van der Waals surface area contributed by atoms with Gasteiger partial charge in [0, 0.05) is 24.6 Å². The lowest BCUT2D eigenvalue weighted by atomic mass is 10.1. The first-order valence-corrected chi connectivity index (χ1v) is 8.49. The van der Waals surface area contributed by atoms with Gasteiger partial charge in [-0.1, -0.05) is 23.4 Å². The average Bonchev–Trinajstić information content (AvgIpc) is 3.25. The Morgan fingerprint density at radius 2 is 1.96 bits per heavy atom. The summed E-state index contributed by atoms with van der Waals surface area (Å²) < 4.78 is 19.1. The summed E-state index contributed by atoms with van der Waals surface area (Å²) in [4.78, 5) is 18.5. The van der Waals surface area contributed by atoms with Crippen LogP contribution in [0.2, 0.25) is 0 Å². The van der Waals surface area contributed by atoms with E-state index >= 15 is 0 Å². The SMILES string of the molecule is Cc1ccc(N2CC(c3noc(-c4ccccc4F)n3)CC2=O)cc1C. The number of halogens is 1. The lowest BCUT2D eigenvalue weighted by Crippen LogP contribution is -2.24. The van der Waals surface area contributed by atoms with E-state index in [9.17, 15) is 9.18 Å². The maximum Gasteiger partial charge on any atom is 0.260 e. The van der Waals surface area contributed by atoms with Crippen molar-refractivity contribution in [2.75, 3.05) is 11.4 Å². The van der Waals surface area contributed by atoms with Gasteiger partial charge in [-0.05, 0) is 49.2 Å². The first-order chi connectivity index (χ1) is 12.5. The van der Waals surface area contributed by atoms with Gasteiger partial charge in [0.1, 0.15) is 5.82 Å². The van der Waals surface area contributed by atoms with Crippen LogP contribution in [0, 0.1) is 19.7 Å². The summed E-state index contributed by atoms with van der Waals surface area (Å²) in [5.74, 6) is 0.00366. The molecule has 4 rings (SSSR count). The van der Waals surface area contributed by atoms with Gasteiger partial charge < -0.3 is 9.42 Å². The van der Waals surface area contributed by atoms with Crippen molar-refractivity contribution in [1.82, 2.24) is 10.1 Å². The van der Waals surface area contributed by atoms with Gasteiger partial charge in [0.25, 0.3) is 5.89 Å². The van der Waals surface area contributed by atoms with E-state index in [4.69, 9.17) is 4.52 Å². The second-order valence-corrected chi connectivity index (χ2v) is 6.61. The maximum atomic E-state index is 13.9. The minimum Gasteiger partial charge on any atom is -0.334 e. The zero-order valence-corrected chi connectivity index (χ0v) is 14.6. The maximum absolute atomic E-state index is 13.9. The van der Waals surface area contributed by atoms with Gasteiger partial charge >= 0.3 is 0 Å². The summed E-state index contributed by atoms with van der Waals surface area (Å²) in [6.07, 6.45) is 0.309. The zero-order valence-electron chi connectivity index (χ0n) is 14.6. The number of carbonyl (C=O) groups excluding carboxylic acids is 1. The van der Waals surface area contributed by atoms with E-state index < -0.39 is 5.82 Å². The topological polar surface area (TPSA) is 59.2 Å². The molecule has 0 spiro atoms. The minimum absolute atomic E-state index is 0.0236. The highest BCUT2D eigenvalue weighted by atomic mass is 19.1. The van der Waals surface area contributed by atoms with E-state index in [0.717, 1.165) is 11.3 Å². The molecule has 0 N–H and O–H groups in total. The third kappa shape index (κ3) is 2.87. The van der Waals surface area contributed by atoms with Gasteiger partial charge in [0.15, 0.2) is 5.82 Å². The van der Waals surface area contributed by atoms with Crippen LogP contribution in [-0.4, -0.2) is 22.6 Å². The molecule has 1 amide bonds. The Kier molecular flexibility index (Phi) is 4.03. The first-order valence-electron chi connectivity index (χ1n) is 8.49. The fourth-order valence-corrected chi connectivity index (χ4v) is 3.17. The summed E-state index contributed by atoms with van der Waals surface area (Å²) in [5, 5.41) is 3.98. The zero-order chi connectivity index (χ0) is 18.3. The fraction of sp³-hybridized carbons (Fsp3) is 0.250. The molecule has 26 heavy (non-hydrogen) atoms. The Balaban J connectivity index is 1.58. The van der Waals surface area contributed by atoms with Gasteiger partial charge in [-0.3, -0.25) is 4.79 Å². The second-order valence-electron chi connectivity index (χ2n) is 6.61. The molecule has 2 heterocycles. The molecular weight excluding hydrogens is 333 g/mol. The normalized spacial score (nSPS) is 17.1. The Morgan fingerprint density at radius 3 is 2.73 bits per heavy atom. The molecule has 0 radical (unpaired) electrons. The number of hydrogen-bond acceptors (Lipinski definition) is 4. The third-order valence-corrected chi connectivity index (χ3v) is 4.84. The molecular formula is C20H18FN3O2. The van der Waals surface area contributed by atoms with Crippen LogP contribution in [0.1, 0.15) is 29.3 Å². The summed E-state index contributed by atoms with van der Waals surface area (Å²) in [6, 6.07) is 12.2. The van der Waals surface area contributed by atoms with Gasteiger partial charge in [0.2, 0.25) is 5.91 Å². The molecule has 1 aliphatic rings. The summed E-state index contributed by atoms with van der Waals surface area (Å²) in [6.45, 7) is 4.55. The highest BCUT2D eigenvalue weighted by Crippen LogP contribution is 2.32. The van der Waals surface area contributed by atoms with Crippen LogP contribution in [0.3, 0.4) is 0 Å². The van der Waals surface area contributed by atoms with E-state index in [0.29, 0.717) is 18.8 Å². The molecule has 1 saturated heterocycles. The quantitative estimate of drug-likeness (QED) is 0.715. The largest absolute Gasteiger partial charge is 0.334 e. The molecule has 2 aromatic carbocycles. The lowest BCUT2D eigenvalue weighted by molar-refractivity contribution is -0.117. The molecule has 132 valence electrons. The smallest absolute Gasteiger partial charge is 0.260 e. The number of carbonyl (C=O) groups is 1. The van der Waals surface area contributed by atoms with Crippen molar-refractivity contribution in [3.63, 3.8) is 0 Å².